The minimum Gasteiger partial charge on any atom is -0.388 e. The van der Waals surface area contributed by atoms with Crippen LogP contribution in [0.15, 0.2) is 0 Å². The maximum atomic E-state index is 5.69. The monoisotopic (exact) mass is 184 g/mol. The second kappa shape index (κ2) is 3.37. The third kappa shape index (κ3) is 1.56. The number of rotatable bonds is 2. The summed E-state index contributed by atoms with van der Waals surface area (Å²) in [7, 11) is 0. The van der Waals surface area contributed by atoms with Crippen LogP contribution in [0.25, 0.3) is 0 Å². The van der Waals surface area contributed by atoms with Crippen molar-refractivity contribution in [3.05, 3.63) is 5.69 Å². The van der Waals surface area contributed by atoms with Crippen molar-refractivity contribution in [2.24, 2.45) is 0 Å². The third-order valence-corrected chi connectivity index (χ3v) is 2.75. The summed E-state index contributed by atoms with van der Waals surface area (Å²) in [6.45, 7) is 3.23. The van der Waals surface area contributed by atoms with E-state index in [1.165, 1.54) is 37.5 Å². The second-order valence-electron chi connectivity index (χ2n) is 3.07. The number of nitrogens with two attached hydrogens (primary N) is 1. The highest BCUT2D eigenvalue weighted by atomic mass is 32.1. The average molecular weight is 184 g/mol. The molecule has 0 amide bonds. The molecule has 1 aliphatic heterocycles. The highest BCUT2D eigenvalue weighted by Gasteiger charge is 2.14. The van der Waals surface area contributed by atoms with Gasteiger partial charge in [0.2, 0.25) is 0 Å². The molecule has 12 heavy (non-hydrogen) atoms. The molecule has 1 saturated heterocycles. The van der Waals surface area contributed by atoms with E-state index < -0.39 is 0 Å². The smallest absolute Gasteiger partial charge is 0.132 e. The zero-order valence-corrected chi connectivity index (χ0v) is 7.68. The molecular weight excluding hydrogens is 172 g/mol. The summed E-state index contributed by atoms with van der Waals surface area (Å²) in [5.74, 6) is 0. The third-order valence-electron chi connectivity index (χ3n) is 2.16. The maximum Gasteiger partial charge on any atom is 0.132 e. The van der Waals surface area contributed by atoms with Gasteiger partial charge in [0, 0.05) is 18.1 Å². The summed E-state index contributed by atoms with van der Waals surface area (Å²) in [6.07, 6.45) is 2.61. The van der Waals surface area contributed by atoms with E-state index >= 15 is 0 Å². The first-order chi connectivity index (χ1) is 5.86. The van der Waals surface area contributed by atoms with Crippen LogP contribution in [0.3, 0.4) is 0 Å². The summed E-state index contributed by atoms with van der Waals surface area (Å²) in [4.78, 5) is 2.37. The fourth-order valence-electron chi connectivity index (χ4n) is 1.48. The Balaban J connectivity index is 1.98. The van der Waals surface area contributed by atoms with Crippen LogP contribution in [-0.4, -0.2) is 27.6 Å². The molecule has 1 aromatic rings. The molecule has 2 rings (SSSR count). The molecule has 0 spiro atoms. The predicted octanol–water partition coefficient (Wildman–Crippen LogP) is 0.716. The topological polar surface area (TPSA) is 55.0 Å². The number of likely N-dealkylation sites (tertiary alicyclic amines) is 1. The number of hydrogen-bond acceptors (Lipinski definition) is 5. The fraction of sp³-hybridized carbons (Fsp3) is 0.714. The minimum absolute atomic E-state index is 0.766. The molecule has 2 N–H and O–H groups in total. The quantitative estimate of drug-likeness (QED) is 0.735. The summed E-state index contributed by atoms with van der Waals surface area (Å²) in [5, 5.41) is 4.75. The Morgan fingerprint density at radius 1 is 1.42 bits per heavy atom. The lowest BCUT2D eigenvalue weighted by atomic mass is 10.4. The Morgan fingerprint density at radius 2 is 2.17 bits per heavy atom. The van der Waals surface area contributed by atoms with Crippen LogP contribution < -0.4 is 5.73 Å². The van der Waals surface area contributed by atoms with E-state index in [1.807, 2.05) is 0 Å². The molecule has 0 saturated carbocycles. The molecule has 5 heteroatoms. The van der Waals surface area contributed by atoms with E-state index in [1.54, 1.807) is 0 Å². The normalized spacial score (nSPS) is 18.7. The molecule has 0 bridgehead atoms. The molecule has 0 unspecified atom stereocenters. The molecule has 0 atom stereocenters. The lowest BCUT2D eigenvalue weighted by molar-refractivity contribution is 0.327. The van der Waals surface area contributed by atoms with Gasteiger partial charge < -0.3 is 5.73 Å². The van der Waals surface area contributed by atoms with Crippen LogP contribution in [0.1, 0.15) is 18.5 Å². The zero-order valence-electron chi connectivity index (χ0n) is 6.86. The Labute approximate surface area is 75.5 Å². The lowest BCUT2D eigenvalue weighted by Gasteiger charge is -2.11. The first-order valence-electron chi connectivity index (χ1n) is 4.15. The zero-order chi connectivity index (χ0) is 8.39. The Kier molecular flexibility index (Phi) is 2.23. The van der Waals surface area contributed by atoms with Gasteiger partial charge in [-0.3, -0.25) is 4.90 Å². The van der Waals surface area contributed by atoms with Gasteiger partial charge in [0.1, 0.15) is 10.7 Å². The van der Waals surface area contributed by atoms with Crippen LogP contribution in [0, 0.1) is 0 Å². The molecule has 1 aliphatic rings. The minimum atomic E-state index is 0.766. The summed E-state index contributed by atoms with van der Waals surface area (Å²) in [6, 6.07) is 0. The van der Waals surface area contributed by atoms with Gasteiger partial charge in [0.25, 0.3) is 0 Å². The SMILES string of the molecule is Nc1snnc1CN1CCCC1. The van der Waals surface area contributed by atoms with Crippen molar-refractivity contribution in [3.63, 3.8) is 0 Å². The Hall–Kier alpha value is -0.680. The van der Waals surface area contributed by atoms with Gasteiger partial charge in [-0.1, -0.05) is 4.49 Å². The van der Waals surface area contributed by atoms with E-state index in [-0.39, 0.29) is 0 Å². The van der Waals surface area contributed by atoms with Gasteiger partial charge in [-0.05, 0) is 25.9 Å². The number of nitrogens with zero attached hydrogens (tertiary/aromatic N) is 3. The van der Waals surface area contributed by atoms with E-state index in [0.29, 0.717) is 0 Å². The van der Waals surface area contributed by atoms with Crippen molar-refractivity contribution in [2.75, 3.05) is 18.8 Å². The lowest BCUT2D eigenvalue weighted by Crippen LogP contribution is -2.19. The average Bonchev–Trinajstić information content (AvgIpc) is 2.65. The highest BCUT2D eigenvalue weighted by Crippen LogP contribution is 2.17. The molecule has 0 radical (unpaired) electrons. The van der Waals surface area contributed by atoms with Crippen molar-refractivity contribution in [3.8, 4) is 0 Å². The van der Waals surface area contributed by atoms with Gasteiger partial charge in [-0.15, -0.1) is 5.10 Å². The largest absolute Gasteiger partial charge is 0.388 e. The van der Waals surface area contributed by atoms with E-state index in [2.05, 4.69) is 14.5 Å². The number of hydrogen-bond donors (Lipinski definition) is 1. The van der Waals surface area contributed by atoms with Crippen molar-refractivity contribution in [1.29, 1.82) is 0 Å². The van der Waals surface area contributed by atoms with Crippen LogP contribution >= 0.6 is 11.5 Å². The van der Waals surface area contributed by atoms with Crippen LogP contribution in [0.5, 0.6) is 0 Å². The Morgan fingerprint density at radius 3 is 2.75 bits per heavy atom. The molecule has 0 aromatic carbocycles. The second-order valence-corrected chi connectivity index (χ2v) is 3.85. The molecule has 2 heterocycles. The maximum absolute atomic E-state index is 5.69. The van der Waals surface area contributed by atoms with Crippen molar-refractivity contribution in [2.45, 2.75) is 19.4 Å². The highest BCUT2D eigenvalue weighted by molar-refractivity contribution is 7.09. The Bertz CT molecular complexity index is 254. The molecule has 0 aliphatic carbocycles. The molecule has 4 nitrogen and oxygen atoms in total. The van der Waals surface area contributed by atoms with Gasteiger partial charge >= 0.3 is 0 Å². The molecule has 1 aromatic heterocycles. The van der Waals surface area contributed by atoms with E-state index in [0.717, 1.165) is 17.2 Å². The van der Waals surface area contributed by atoms with Crippen molar-refractivity contribution in [1.82, 2.24) is 14.5 Å². The summed E-state index contributed by atoms with van der Waals surface area (Å²) in [5.41, 5.74) is 6.63. The number of aromatic nitrogens is 2. The van der Waals surface area contributed by atoms with Crippen LogP contribution in [-0.2, 0) is 6.54 Å². The number of nitrogen functional groups attached to an aromatic ring is 1. The van der Waals surface area contributed by atoms with Crippen LogP contribution in [0.4, 0.5) is 5.00 Å². The predicted molar refractivity (Wildman–Crippen MR) is 48.8 cm³/mol. The summed E-state index contributed by atoms with van der Waals surface area (Å²) < 4.78 is 3.80. The molecule has 1 fully saturated rings. The molecule has 66 valence electrons. The summed E-state index contributed by atoms with van der Waals surface area (Å²) >= 11 is 1.28. The van der Waals surface area contributed by atoms with Gasteiger partial charge in [-0.25, -0.2) is 0 Å². The van der Waals surface area contributed by atoms with Crippen molar-refractivity contribution < 1.29 is 0 Å². The van der Waals surface area contributed by atoms with Crippen molar-refractivity contribution >= 4 is 16.5 Å². The van der Waals surface area contributed by atoms with Gasteiger partial charge in [0.15, 0.2) is 0 Å². The molecular formula is C7H12N4S. The van der Waals surface area contributed by atoms with Gasteiger partial charge in [0.05, 0.1) is 0 Å². The standard InChI is InChI=1S/C7H12N4S/c8-7-6(9-10-12-7)5-11-3-1-2-4-11/h1-5,8H2. The fourth-order valence-corrected chi connectivity index (χ4v) is 1.92. The first-order valence-corrected chi connectivity index (χ1v) is 4.92. The first kappa shape index (κ1) is 7.94. The van der Waals surface area contributed by atoms with Gasteiger partial charge in [-0.2, -0.15) is 0 Å². The van der Waals surface area contributed by atoms with Crippen LogP contribution in [0.2, 0.25) is 0 Å². The van der Waals surface area contributed by atoms with E-state index in [9.17, 15) is 0 Å². The van der Waals surface area contributed by atoms with E-state index in [4.69, 9.17) is 5.73 Å². The number of anilines is 1.